The van der Waals surface area contributed by atoms with Crippen LogP contribution in [0.1, 0.15) is 34.8 Å². The van der Waals surface area contributed by atoms with Gasteiger partial charge in [-0.1, -0.05) is 13.8 Å². The molecule has 2 aromatic rings. The largest absolute Gasteiger partial charge is 1.00 e. The third-order valence-electron chi connectivity index (χ3n) is 2.90. The van der Waals surface area contributed by atoms with Crippen molar-refractivity contribution < 1.29 is 39.0 Å². The topological polar surface area (TPSA) is 118 Å². The molecule has 0 amide bonds. The Morgan fingerprint density at radius 2 is 2.12 bits per heavy atom. The second-order valence-corrected chi connectivity index (χ2v) is 6.25. The number of carbonyl (C=O) groups is 1. The van der Waals surface area contributed by atoms with E-state index in [2.05, 4.69) is 11.1 Å². The van der Waals surface area contributed by atoms with E-state index in [1.54, 1.807) is 25.1 Å². The molecule has 122 valence electrons. The maximum atomic E-state index is 11.0. The van der Waals surface area contributed by atoms with E-state index in [0.717, 1.165) is 11.3 Å². The minimum absolute atomic E-state index is 0. The maximum Gasteiger partial charge on any atom is 1.00 e. The van der Waals surface area contributed by atoms with E-state index < -0.39 is 5.97 Å². The first kappa shape index (κ1) is 22.2. The molecule has 0 radical (unpaired) electrons. The number of aromatic carboxylic acids is 1. The van der Waals surface area contributed by atoms with Gasteiger partial charge in [-0.3, -0.25) is 0 Å². The molecule has 0 unspecified atom stereocenters. The number of carbonyl (C=O) groups excluding carboxylic acids is 1. The van der Waals surface area contributed by atoms with Crippen LogP contribution in [0, 0.1) is 24.2 Å². The summed E-state index contributed by atoms with van der Waals surface area (Å²) >= 11 is 1.04. The van der Waals surface area contributed by atoms with Crippen LogP contribution in [0.3, 0.4) is 0 Å². The van der Waals surface area contributed by atoms with Gasteiger partial charge in [0.15, 0.2) is 0 Å². The Morgan fingerprint density at radius 1 is 1.46 bits per heavy atom. The number of nitrogens with zero attached hydrogens (tertiary/aromatic N) is 2. The molecule has 0 bridgehead atoms. The van der Waals surface area contributed by atoms with E-state index in [1.165, 1.54) is 0 Å². The van der Waals surface area contributed by atoms with Gasteiger partial charge in [-0.25, -0.2) is 4.98 Å². The number of hydrogen-bond acceptors (Lipinski definition) is 6. The molecule has 0 saturated carbocycles. The van der Waals surface area contributed by atoms with E-state index in [-0.39, 0.29) is 29.2 Å². The van der Waals surface area contributed by atoms with Gasteiger partial charge in [-0.05, 0) is 31.0 Å². The number of aromatic nitrogens is 1. The average molecular weight is 340 g/mol. The van der Waals surface area contributed by atoms with Gasteiger partial charge in [-0.2, -0.15) is 5.26 Å². The zero-order valence-electron chi connectivity index (χ0n) is 14.0. The molecule has 0 saturated heterocycles. The Balaban J connectivity index is 0.00000264. The Kier molecular flexibility index (Phi) is 8.74. The Hall–Kier alpha value is -1.83. The van der Waals surface area contributed by atoms with Crippen LogP contribution in [0.25, 0.3) is 10.6 Å². The Labute approximate surface area is 156 Å². The predicted octanol–water partition coefficient (Wildman–Crippen LogP) is -1.43. The van der Waals surface area contributed by atoms with E-state index in [1.807, 2.05) is 13.8 Å². The molecule has 2 N–H and O–H groups in total. The van der Waals surface area contributed by atoms with Gasteiger partial charge in [0.25, 0.3) is 0 Å². The molecule has 6 nitrogen and oxygen atoms in total. The second-order valence-electron chi connectivity index (χ2n) is 5.25. The van der Waals surface area contributed by atoms with Crippen molar-refractivity contribution in [1.82, 2.24) is 4.98 Å². The first-order valence-electron chi connectivity index (χ1n) is 6.78. The predicted molar refractivity (Wildman–Crippen MR) is 85.3 cm³/mol. The summed E-state index contributed by atoms with van der Waals surface area (Å²) in [6.45, 7) is 6.20. The summed E-state index contributed by atoms with van der Waals surface area (Å²) in [7, 11) is 0. The third kappa shape index (κ3) is 5.09. The number of ether oxygens (including phenoxy) is 1. The third-order valence-corrected chi connectivity index (χ3v) is 4.09. The monoisotopic (exact) mass is 340 g/mol. The van der Waals surface area contributed by atoms with E-state index in [4.69, 9.17) is 4.74 Å². The van der Waals surface area contributed by atoms with Gasteiger partial charge in [0, 0.05) is 5.56 Å². The number of hydrogen-bond donors (Lipinski definition) is 0. The Bertz CT molecular complexity index is 753. The number of benzene rings is 1. The minimum Gasteiger partial charge on any atom is -0.544 e. The summed E-state index contributed by atoms with van der Waals surface area (Å²) in [4.78, 5) is 15.3. The van der Waals surface area contributed by atoms with Crippen molar-refractivity contribution in [2.45, 2.75) is 20.8 Å². The molecule has 1 aromatic heterocycles. The fraction of sp³-hybridized carbons (Fsp3) is 0.312. The molecule has 0 aliphatic rings. The molecule has 1 aromatic carbocycles. The summed E-state index contributed by atoms with van der Waals surface area (Å²) in [5.74, 6) is -0.356. The first-order chi connectivity index (χ1) is 10.4. The van der Waals surface area contributed by atoms with Crippen molar-refractivity contribution in [3.63, 3.8) is 0 Å². The molecule has 0 fully saturated rings. The SMILES string of the molecule is Cc1nc(-c2ccc(OCC(C)C)c(C#N)c2)sc1C(=O)[O-].O.[Li+]. The molecule has 0 aliphatic heterocycles. The molecule has 1 heterocycles. The Morgan fingerprint density at radius 3 is 2.62 bits per heavy atom. The first-order valence-corrected chi connectivity index (χ1v) is 7.60. The van der Waals surface area contributed by atoms with Crippen LogP contribution in [0.2, 0.25) is 0 Å². The zero-order valence-corrected chi connectivity index (χ0v) is 14.9. The molecular formula is C16H17LiN2O4S. The number of thiazole rings is 1. The number of carboxylic acids is 1. The zero-order chi connectivity index (χ0) is 16.3. The van der Waals surface area contributed by atoms with Gasteiger partial charge < -0.3 is 20.1 Å². The number of nitriles is 1. The van der Waals surface area contributed by atoms with E-state index in [0.29, 0.717) is 40.1 Å². The normalized spacial score (nSPS) is 9.62. The number of rotatable bonds is 5. The van der Waals surface area contributed by atoms with Gasteiger partial charge in [0.05, 0.1) is 28.7 Å². The standard InChI is InChI=1S/C16H16N2O3S.Li.H2O/c1-9(2)8-21-13-5-4-11(6-12(13)7-17)15-18-10(3)14(22-15)16(19)20;;/h4-6,9H,8H2,1-3H3,(H,19,20);;1H2/q;+1;/p-1. The fourth-order valence-electron chi connectivity index (χ4n) is 1.84. The molecule has 0 spiro atoms. The second kappa shape index (κ2) is 9.46. The van der Waals surface area contributed by atoms with Crippen LogP contribution in [-0.4, -0.2) is 23.0 Å². The maximum absolute atomic E-state index is 11.0. The molecular weight excluding hydrogens is 323 g/mol. The summed E-state index contributed by atoms with van der Waals surface area (Å²) < 4.78 is 5.60. The summed E-state index contributed by atoms with van der Waals surface area (Å²) in [5, 5.41) is 20.8. The van der Waals surface area contributed by atoms with Gasteiger partial charge >= 0.3 is 18.9 Å². The quantitative estimate of drug-likeness (QED) is 0.618. The van der Waals surface area contributed by atoms with Crippen LogP contribution in [0.5, 0.6) is 5.75 Å². The molecule has 24 heavy (non-hydrogen) atoms. The summed E-state index contributed by atoms with van der Waals surface area (Å²) in [5.41, 5.74) is 1.51. The van der Waals surface area contributed by atoms with Gasteiger partial charge in [-0.15, -0.1) is 11.3 Å². The minimum atomic E-state index is -1.24. The van der Waals surface area contributed by atoms with Crippen molar-refractivity contribution >= 4 is 17.3 Å². The smallest absolute Gasteiger partial charge is 0.544 e. The van der Waals surface area contributed by atoms with Crippen LogP contribution < -0.4 is 28.7 Å². The average Bonchev–Trinajstić information content (AvgIpc) is 2.87. The summed E-state index contributed by atoms with van der Waals surface area (Å²) in [6.07, 6.45) is 0. The van der Waals surface area contributed by atoms with Crippen molar-refractivity contribution in [3.05, 3.63) is 34.3 Å². The summed E-state index contributed by atoms with van der Waals surface area (Å²) in [6, 6.07) is 7.24. The number of carboxylic acid groups (broad SMARTS) is 1. The molecule has 2 rings (SSSR count). The van der Waals surface area contributed by atoms with Crippen LogP contribution in [0.15, 0.2) is 18.2 Å². The van der Waals surface area contributed by atoms with Crippen molar-refractivity contribution in [1.29, 1.82) is 5.26 Å². The van der Waals surface area contributed by atoms with Crippen LogP contribution >= 0.6 is 11.3 Å². The molecule has 8 heteroatoms. The van der Waals surface area contributed by atoms with Crippen molar-refractivity contribution in [2.24, 2.45) is 5.92 Å². The van der Waals surface area contributed by atoms with Crippen LogP contribution in [0.4, 0.5) is 0 Å². The van der Waals surface area contributed by atoms with Crippen LogP contribution in [-0.2, 0) is 0 Å². The van der Waals surface area contributed by atoms with E-state index in [9.17, 15) is 15.2 Å². The number of aryl methyl sites for hydroxylation is 1. The molecule has 0 atom stereocenters. The fourth-order valence-corrected chi connectivity index (χ4v) is 2.74. The van der Waals surface area contributed by atoms with E-state index >= 15 is 0 Å². The van der Waals surface area contributed by atoms with Crippen molar-refractivity contribution in [3.8, 4) is 22.4 Å². The molecule has 0 aliphatic carbocycles. The van der Waals surface area contributed by atoms with Gasteiger partial charge in [0.2, 0.25) is 0 Å². The van der Waals surface area contributed by atoms with Gasteiger partial charge in [0.1, 0.15) is 16.8 Å². The van der Waals surface area contributed by atoms with Crippen molar-refractivity contribution in [2.75, 3.05) is 6.61 Å².